The van der Waals surface area contributed by atoms with Crippen molar-refractivity contribution < 1.29 is 9.53 Å². The predicted molar refractivity (Wildman–Crippen MR) is 79.7 cm³/mol. The van der Waals surface area contributed by atoms with Crippen LogP contribution in [0.25, 0.3) is 0 Å². The Bertz CT molecular complexity index is 448. The second-order valence-electron chi connectivity index (χ2n) is 5.28. The van der Waals surface area contributed by atoms with Gasteiger partial charge in [0.25, 0.3) is 0 Å². The maximum absolute atomic E-state index is 12.2. The number of carbonyl (C=O) groups excluding carboxylic acids is 1. The minimum atomic E-state index is 0.142. The number of hydrogen-bond acceptors (Lipinski definition) is 3. The van der Waals surface area contributed by atoms with E-state index in [1.54, 1.807) is 0 Å². The van der Waals surface area contributed by atoms with Crippen molar-refractivity contribution in [1.82, 2.24) is 4.90 Å². The molecule has 1 heterocycles. The van der Waals surface area contributed by atoms with E-state index in [-0.39, 0.29) is 11.9 Å². The Balaban J connectivity index is 1.89. The fourth-order valence-electron chi connectivity index (χ4n) is 2.64. The van der Waals surface area contributed by atoms with E-state index in [2.05, 4.69) is 0 Å². The highest BCUT2D eigenvalue weighted by Gasteiger charge is 2.21. The molecule has 20 heavy (non-hydrogen) atoms. The van der Waals surface area contributed by atoms with Crippen molar-refractivity contribution in [1.29, 1.82) is 0 Å². The summed E-state index contributed by atoms with van der Waals surface area (Å²) < 4.78 is 5.59. The number of piperidine rings is 1. The zero-order chi connectivity index (χ0) is 14.4. The fourth-order valence-corrected chi connectivity index (χ4v) is 2.64. The number of para-hydroxylation sites is 1. The van der Waals surface area contributed by atoms with E-state index in [9.17, 15) is 4.79 Å². The molecular weight excluding hydrogens is 252 g/mol. The summed E-state index contributed by atoms with van der Waals surface area (Å²) in [5.41, 5.74) is 7.02. The second-order valence-corrected chi connectivity index (χ2v) is 5.28. The largest absolute Gasteiger partial charge is 0.494 e. The van der Waals surface area contributed by atoms with E-state index in [4.69, 9.17) is 10.5 Å². The number of aryl methyl sites for hydroxylation is 1. The standard InChI is InChI=1S/C16H24N2O2/c1-2-20-15-8-4-3-6-13(15)9-10-16(19)18-11-5-7-14(17)12-18/h3-4,6,8,14H,2,5,7,9-12,17H2,1H3/t14-/m1/s1. The van der Waals surface area contributed by atoms with Gasteiger partial charge in [-0.25, -0.2) is 0 Å². The highest BCUT2D eigenvalue weighted by Crippen LogP contribution is 2.20. The van der Waals surface area contributed by atoms with Crippen LogP contribution in [0.1, 0.15) is 31.7 Å². The second kappa shape index (κ2) is 7.29. The van der Waals surface area contributed by atoms with Gasteiger partial charge in [0.2, 0.25) is 5.91 Å². The molecule has 1 saturated heterocycles. The van der Waals surface area contributed by atoms with Crippen molar-refractivity contribution in [2.24, 2.45) is 5.73 Å². The van der Waals surface area contributed by atoms with Crippen LogP contribution in [0, 0.1) is 0 Å². The minimum absolute atomic E-state index is 0.142. The van der Waals surface area contributed by atoms with Gasteiger partial charge < -0.3 is 15.4 Å². The average molecular weight is 276 g/mol. The normalized spacial score (nSPS) is 18.9. The van der Waals surface area contributed by atoms with Gasteiger partial charge in [0.15, 0.2) is 0 Å². The molecule has 1 aliphatic rings. The minimum Gasteiger partial charge on any atom is -0.494 e. The van der Waals surface area contributed by atoms with Gasteiger partial charge >= 0.3 is 0 Å². The van der Waals surface area contributed by atoms with Crippen LogP contribution in [-0.4, -0.2) is 36.5 Å². The lowest BCUT2D eigenvalue weighted by molar-refractivity contribution is -0.132. The molecule has 1 aromatic carbocycles. The van der Waals surface area contributed by atoms with E-state index >= 15 is 0 Å². The molecule has 2 rings (SSSR count). The number of carbonyl (C=O) groups is 1. The van der Waals surface area contributed by atoms with Crippen LogP contribution >= 0.6 is 0 Å². The maximum Gasteiger partial charge on any atom is 0.222 e. The summed E-state index contributed by atoms with van der Waals surface area (Å²) in [4.78, 5) is 14.1. The third kappa shape index (κ3) is 3.97. The van der Waals surface area contributed by atoms with Crippen LogP contribution in [0.2, 0.25) is 0 Å². The van der Waals surface area contributed by atoms with Gasteiger partial charge in [0, 0.05) is 25.6 Å². The Labute approximate surface area is 120 Å². The number of nitrogens with two attached hydrogens (primary N) is 1. The highest BCUT2D eigenvalue weighted by molar-refractivity contribution is 5.76. The molecule has 1 amide bonds. The molecule has 0 saturated carbocycles. The van der Waals surface area contributed by atoms with Gasteiger partial charge in [-0.1, -0.05) is 18.2 Å². The zero-order valence-electron chi connectivity index (χ0n) is 12.2. The number of rotatable bonds is 5. The summed E-state index contributed by atoms with van der Waals surface area (Å²) in [5, 5.41) is 0. The number of hydrogen-bond donors (Lipinski definition) is 1. The summed E-state index contributed by atoms with van der Waals surface area (Å²) >= 11 is 0. The molecule has 0 aliphatic carbocycles. The van der Waals surface area contributed by atoms with Crippen molar-refractivity contribution in [3.8, 4) is 5.75 Å². The zero-order valence-corrected chi connectivity index (χ0v) is 12.2. The Hall–Kier alpha value is -1.55. The quantitative estimate of drug-likeness (QED) is 0.894. The monoisotopic (exact) mass is 276 g/mol. The summed E-state index contributed by atoms with van der Waals surface area (Å²) in [6.07, 6.45) is 3.29. The van der Waals surface area contributed by atoms with Crippen LogP contribution in [-0.2, 0) is 11.2 Å². The number of benzene rings is 1. The third-order valence-electron chi connectivity index (χ3n) is 3.69. The van der Waals surface area contributed by atoms with Gasteiger partial charge in [-0.15, -0.1) is 0 Å². The average Bonchev–Trinajstić information content (AvgIpc) is 2.46. The lowest BCUT2D eigenvalue weighted by Gasteiger charge is -2.30. The molecule has 2 N–H and O–H groups in total. The number of nitrogens with zero attached hydrogens (tertiary/aromatic N) is 1. The molecule has 1 aromatic rings. The Kier molecular flexibility index (Phi) is 5.41. The Morgan fingerprint density at radius 1 is 1.45 bits per heavy atom. The van der Waals surface area contributed by atoms with Gasteiger partial charge in [-0.05, 0) is 37.8 Å². The van der Waals surface area contributed by atoms with Crippen LogP contribution in [0.4, 0.5) is 0 Å². The van der Waals surface area contributed by atoms with Crippen molar-refractivity contribution >= 4 is 5.91 Å². The summed E-state index contributed by atoms with van der Waals surface area (Å²) in [7, 11) is 0. The van der Waals surface area contributed by atoms with Crippen LogP contribution < -0.4 is 10.5 Å². The molecule has 0 bridgehead atoms. The molecule has 0 spiro atoms. The Morgan fingerprint density at radius 2 is 2.25 bits per heavy atom. The smallest absolute Gasteiger partial charge is 0.222 e. The molecule has 1 atom stereocenters. The topological polar surface area (TPSA) is 55.6 Å². The first-order valence-electron chi connectivity index (χ1n) is 7.44. The molecule has 4 nitrogen and oxygen atoms in total. The van der Waals surface area contributed by atoms with Crippen molar-refractivity contribution in [2.45, 2.75) is 38.6 Å². The molecule has 110 valence electrons. The van der Waals surface area contributed by atoms with Gasteiger partial charge in [-0.3, -0.25) is 4.79 Å². The third-order valence-corrected chi connectivity index (χ3v) is 3.69. The maximum atomic E-state index is 12.2. The molecule has 4 heteroatoms. The van der Waals surface area contributed by atoms with E-state index in [0.29, 0.717) is 19.6 Å². The van der Waals surface area contributed by atoms with E-state index in [0.717, 1.165) is 37.1 Å². The predicted octanol–water partition coefficient (Wildman–Crippen LogP) is 1.97. The van der Waals surface area contributed by atoms with Crippen molar-refractivity contribution in [3.63, 3.8) is 0 Å². The van der Waals surface area contributed by atoms with E-state index < -0.39 is 0 Å². The van der Waals surface area contributed by atoms with Crippen LogP contribution in [0.5, 0.6) is 5.75 Å². The first kappa shape index (κ1) is 14.9. The summed E-state index contributed by atoms with van der Waals surface area (Å²) in [6.45, 7) is 4.16. The van der Waals surface area contributed by atoms with Gasteiger partial charge in [0.1, 0.15) is 5.75 Å². The molecular formula is C16H24N2O2. The van der Waals surface area contributed by atoms with Crippen LogP contribution in [0.3, 0.4) is 0 Å². The van der Waals surface area contributed by atoms with Crippen molar-refractivity contribution in [3.05, 3.63) is 29.8 Å². The fraction of sp³-hybridized carbons (Fsp3) is 0.562. The van der Waals surface area contributed by atoms with Gasteiger partial charge in [0.05, 0.1) is 6.61 Å². The lowest BCUT2D eigenvalue weighted by Crippen LogP contribution is -2.45. The Morgan fingerprint density at radius 3 is 3.00 bits per heavy atom. The van der Waals surface area contributed by atoms with E-state index in [1.165, 1.54) is 0 Å². The van der Waals surface area contributed by atoms with Gasteiger partial charge in [-0.2, -0.15) is 0 Å². The first-order chi connectivity index (χ1) is 9.70. The van der Waals surface area contributed by atoms with Crippen LogP contribution in [0.15, 0.2) is 24.3 Å². The van der Waals surface area contributed by atoms with Crippen molar-refractivity contribution in [2.75, 3.05) is 19.7 Å². The molecule has 0 radical (unpaired) electrons. The summed E-state index contributed by atoms with van der Waals surface area (Å²) in [6, 6.07) is 8.07. The first-order valence-corrected chi connectivity index (χ1v) is 7.44. The molecule has 0 unspecified atom stereocenters. The lowest BCUT2D eigenvalue weighted by atomic mass is 10.0. The molecule has 1 aliphatic heterocycles. The molecule has 0 aromatic heterocycles. The highest BCUT2D eigenvalue weighted by atomic mass is 16.5. The van der Waals surface area contributed by atoms with E-state index in [1.807, 2.05) is 36.1 Å². The SMILES string of the molecule is CCOc1ccccc1CCC(=O)N1CCC[C@@H](N)C1. The number of ether oxygens (including phenoxy) is 1. The number of likely N-dealkylation sites (tertiary alicyclic amines) is 1. The summed E-state index contributed by atoms with van der Waals surface area (Å²) in [5.74, 6) is 1.09. The molecule has 1 fully saturated rings. The number of amides is 1.